The third-order valence-electron chi connectivity index (χ3n) is 4.66. The summed E-state index contributed by atoms with van der Waals surface area (Å²) in [6.45, 7) is 0. The van der Waals surface area contributed by atoms with Crippen molar-refractivity contribution in [2.45, 2.75) is 18.7 Å². The van der Waals surface area contributed by atoms with E-state index in [9.17, 15) is 0 Å². The Bertz CT molecular complexity index is 937. The number of hydrogen-bond acceptors (Lipinski definition) is 4. The average Bonchev–Trinajstić information content (AvgIpc) is 3.32. The smallest absolute Gasteiger partial charge is 0.222 e. The second-order valence-electron chi connectivity index (χ2n) is 6.18. The van der Waals surface area contributed by atoms with Gasteiger partial charge in [0.2, 0.25) is 6.23 Å². The third-order valence-corrected chi connectivity index (χ3v) is 6.09. The van der Waals surface area contributed by atoms with Gasteiger partial charge in [0.15, 0.2) is 0 Å². The normalized spacial score (nSPS) is 21.3. The number of nitrogens with zero attached hydrogens (tertiary/aromatic N) is 2. The zero-order valence-electron chi connectivity index (χ0n) is 13.3. The molecule has 0 amide bonds. The van der Waals surface area contributed by atoms with E-state index in [4.69, 9.17) is 9.84 Å². The Labute approximate surface area is 158 Å². The summed E-state index contributed by atoms with van der Waals surface area (Å²) in [6, 6.07) is 21.1. The van der Waals surface area contributed by atoms with E-state index in [0.717, 1.165) is 22.4 Å². The van der Waals surface area contributed by atoms with Crippen molar-refractivity contribution in [1.82, 2.24) is 5.01 Å². The molecular weight excluding hydrogens is 396 g/mol. The van der Waals surface area contributed by atoms with Crippen molar-refractivity contribution in [3.05, 3.63) is 86.5 Å². The maximum absolute atomic E-state index is 6.32. The fraction of sp³-hybridized carbons (Fsp3) is 0.150. The van der Waals surface area contributed by atoms with Crippen molar-refractivity contribution in [3.8, 4) is 5.75 Å². The monoisotopic (exact) mass is 410 g/mol. The predicted octanol–water partition coefficient (Wildman–Crippen LogP) is 5.75. The van der Waals surface area contributed by atoms with E-state index in [1.54, 1.807) is 11.3 Å². The largest absolute Gasteiger partial charge is 0.464 e. The van der Waals surface area contributed by atoms with Gasteiger partial charge in [0.1, 0.15) is 5.75 Å². The third kappa shape index (κ3) is 2.58. The zero-order valence-corrected chi connectivity index (χ0v) is 15.7. The van der Waals surface area contributed by atoms with Crippen molar-refractivity contribution < 1.29 is 4.74 Å². The van der Waals surface area contributed by atoms with E-state index in [1.165, 1.54) is 16.0 Å². The molecule has 1 aromatic heterocycles. The first kappa shape index (κ1) is 15.2. The molecule has 3 aromatic rings. The number of para-hydroxylation sites is 1. The second kappa shape index (κ2) is 6.00. The van der Waals surface area contributed by atoms with Gasteiger partial charge in [-0.15, -0.1) is 11.3 Å². The van der Waals surface area contributed by atoms with E-state index in [0.29, 0.717) is 0 Å². The highest BCUT2D eigenvalue weighted by molar-refractivity contribution is 9.10. The molecule has 0 saturated carbocycles. The lowest BCUT2D eigenvalue weighted by Gasteiger charge is -2.37. The van der Waals surface area contributed by atoms with Crippen molar-refractivity contribution in [3.63, 3.8) is 0 Å². The predicted molar refractivity (Wildman–Crippen MR) is 104 cm³/mol. The van der Waals surface area contributed by atoms with Crippen LogP contribution in [-0.2, 0) is 0 Å². The molecule has 0 spiro atoms. The maximum atomic E-state index is 6.32. The van der Waals surface area contributed by atoms with Crippen LogP contribution in [0.2, 0.25) is 0 Å². The molecule has 5 heteroatoms. The van der Waals surface area contributed by atoms with Crippen molar-refractivity contribution in [1.29, 1.82) is 0 Å². The molecule has 0 radical (unpaired) electrons. The first-order chi connectivity index (χ1) is 12.3. The summed E-state index contributed by atoms with van der Waals surface area (Å²) in [5.41, 5.74) is 3.49. The van der Waals surface area contributed by atoms with E-state index >= 15 is 0 Å². The first-order valence-corrected chi connectivity index (χ1v) is 9.87. The maximum Gasteiger partial charge on any atom is 0.222 e. The molecule has 0 saturated heterocycles. The molecule has 3 heterocycles. The fourth-order valence-electron chi connectivity index (χ4n) is 3.47. The number of ether oxygens (including phenoxy) is 1. The molecule has 5 rings (SSSR count). The average molecular weight is 411 g/mol. The van der Waals surface area contributed by atoms with Crippen LogP contribution < -0.4 is 4.74 Å². The quantitative estimate of drug-likeness (QED) is 0.536. The number of benzene rings is 2. The van der Waals surface area contributed by atoms with E-state index < -0.39 is 0 Å². The topological polar surface area (TPSA) is 24.8 Å². The van der Waals surface area contributed by atoms with Crippen LogP contribution in [0, 0.1) is 0 Å². The van der Waals surface area contributed by atoms with Gasteiger partial charge < -0.3 is 4.74 Å². The Morgan fingerprint density at radius 1 is 1.04 bits per heavy atom. The summed E-state index contributed by atoms with van der Waals surface area (Å²) in [5.74, 6) is 0.967. The lowest BCUT2D eigenvalue weighted by Crippen LogP contribution is -2.33. The molecule has 25 heavy (non-hydrogen) atoms. The lowest BCUT2D eigenvalue weighted by atomic mass is 9.96. The van der Waals surface area contributed by atoms with Gasteiger partial charge >= 0.3 is 0 Å². The lowest BCUT2D eigenvalue weighted by molar-refractivity contribution is -0.0165. The molecule has 0 unspecified atom stereocenters. The highest BCUT2D eigenvalue weighted by Crippen LogP contribution is 2.48. The van der Waals surface area contributed by atoms with Gasteiger partial charge in [0.25, 0.3) is 0 Å². The molecule has 0 aliphatic carbocycles. The van der Waals surface area contributed by atoms with Gasteiger partial charge in [-0.3, -0.25) is 0 Å². The van der Waals surface area contributed by atoms with E-state index in [1.807, 2.05) is 6.07 Å². The minimum atomic E-state index is -0.159. The minimum absolute atomic E-state index is 0.159. The van der Waals surface area contributed by atoms with Crippen molar-refractivity contribution >= 4 is 33.0 Å². The van der Waals surface area contributed by atoms with Crippen molar-refractivity contribution in [2.75, 3.05) is 0 Å². The molecule has 124 valence electrons. The number of rotatable bonds is 2. The molecule has 2 aliphatic rings. The number of hydrazone groups is 1. The van der Waals surface area contributed by atoms with E-state index in [2.05, 4.69) is 80.9 Å². The summed E-state index contributed by atoms with van der Waals surface area (Å²) in [5, 5.41) is 9.18. The summed E-state index contributed by atoms with van der Waals surface area (Å²) >= 11 is 5.21. The highest BCUT2D eigenvalue weighted by atomic mass is 79.9. The molecular formula is C20H15BrN2OS. The van der Waals surface area contributed by atoms with Crippen LogP contribution in [0.3, 0.4) is 0 Å². The summed E-state index contributed by atoms with van der Waals surface area (Å²) in [6.07, 6.45) is 0.733. The second-order valence-corrected chi connectivity index (χ2v) is 8.07. The molecule has 2 aromatic carbocycles. The molecule has 0 bridgehead atoms. The highest BCUT2D eigenvalue weighted by Gasteiger charge is 2.41. The molecule has 3 nitrogen and oxygen atoms in total. The zero-order chi connectivity index (χ0) is 16.8. The fourth-order valence-corrected chi connectivity index (χ4v) is 4.48. The molecule has 2 aliphatic heterocycles. The Morgan fingerprint density at radius 2 is 1.88 bits per heavy atom. The van der Waals surface area contributed by atoms with Gasteiger partial charge in [0.05, 0.1) is 16.6 Å². The van der Waals surface area contributed by atoms with Gasteiger partial charge in [-0.25, -0.2) is 5.01 Å². The molecule has 0 fully saturated rings. The number of hydrogen-bond donors (Lipinski definition) is 0. The van der Waals surface area contributed by atoms with Crippen LogP contribution in [0.25, 0.3) is 0 Å². The van der Waals surface area contributed by atoms with Crippen LogP contribution in [0.5, 0.6) is 5.75 Å². The van der Waals surface area contributed by atoms with Gasteiger partial charge in [-0.1, -0.05) is 52.3 Å². The number of fused-ring (bicyclic) bond motifs is 3. The minimum Gasteiger partial charge on any atom is -0.464 e. The van der Waals surface area contributed by atoms with Crippen molar-refractivity contribution in [2.24, 2.45) is 5.10 Å². The molecule has 2 atom stereocenters. The van der Waals surface area contributed by atoms with Gasteiger partial charge in [-0.05, 0) is 35.2 Å². The van der Waals surface area contributed by atoms with Crippen LogP contribution in [0.1, 0.15) is 34.7 Å². The van der Waals surface area contributed by atoms with Crippen LogP contribution in [-0.4, -0.2) is 10.7 Å². The molecule has 0 N–H and O–H groups in total. The summed E-state index contributed by atoms with van der Waals surface area (Å²) < 4.78 is 7.40. The Morgan fingerprint density at radius 3 is 2.68 bits per heavy atom. The van der Waals surface area contributed by atoms with Crippen LogP contribution >= 0.6 is 27.3 Å². The summed E-state index contributed by atoms with van der Waals surface area (Å²) in [7, 11) is 0. The first-order valence-electron chi connectivity index (χ1n) is 8.20. The Balaban J connectivity index is 1.59. The van der Waals surface area contributed by atoms with Gasteiger partial charge in [-0.2, -0.15) is 5.10 Å². The number of halogens is 1. The number of thiophene rings is 1. The standard InChI is InChI=1S/C20H15BrN2OS/c21-14-9-7-13(8-10-14)16-12-17-15-4-1-2-5-18(15)24-20(23(17)22-16)19-6-3-11-25-19/h1-11,17,20H,12H2/t17-,20-/m0/s1. The summed E-state index contributed by atoms with van der Waals surface area (Å²) in [4.78, 5) is 1.18. The van der Waals surface area contributed by atoms with Crippen LogP contribution in [0.4, 0.5) is 0 Å². The van der Waals surface area contributed by atoms with Gasteiger partial charge in [0, 0.05) is 16.5 Å². The Kier molecular flexibility index (Phi) is 3.64. The van der Waals surface area contributed by atoms with E-state index in [-0.39, 0.29) is 12.3 Å². The van der Waals surface area contributed by atoms with Crippen LogP contribution in [0.15, 0.2) is 75.6 Å². The Hall–Kier alpha value is -2.11. The SMILES string of the molecule is Brc1ccc(C2=NN3[C@@H](C2)c2ccccc2O[C@H]3c2cccs2)cc1.